The molecule has 0 aromatic carbocycles. The number of amides is 1. The summed E-state index contributed by atoms with van der Waals surface area (Å²) in [7, 11) is 0. The quantitative estimate of drug-likeness (QED) is 0.285. The average molecular weight is 255 g/mol. The minimum Gasteiger partial charge on any atom is -0.409 e. The molecule has 1 aliphatic carbocycles. The molecule has 1 heterocycles. The molecular weight excluding hydrogens is 234 g/mol. The lowest BCUT2D eigenvalue weighted by atomic mass is 9.72. The highest BCUT2D eigenvalue weighted by Gasteiger charge is 2.47. The predicted octanol–water partition coefficient (Wildman–Crippen LogP) is 0.276. The Morgan fingerprint density at radius 3 is 2.50 bits per heavy atom. The number of oxime groups is 1. The van der Waals surface area contributed by atoms with Crippen molar-refractivity contribution in [1.82, 2.24) is 4.90 Å². The molecule has 0 aromatic rings. The van der Waals surface area contributed by atoms with Crippen LogP contribution in [0.25, 0.3) is 0 Å². The summed E-state index contributed by atoms with van der Waals surface area (Å²) < 4.78 is 0. The number of carbonyl (C=O) groups is 1. The third-order valence-electron chi connectivity index (χ3n) is 4.17. The van der Waals surface area contributed by atoms with E-state index in [1.807, 2.05) is 0 Å². The van der Waals surface area contributed by atoms with Crippen LogP contribution >= 0.6 is 0 Å². The Hall–Kier alpha value is -1.30. The van der Waals surface area contributed by atoms with Crippen molar-refractivity contribution in [3.8, 4) is 0 Å². The predicted molar refractivity (Wildman–Crippen MR) is 66.1 cm³/mol. The molecule has 2 aliphatic rings. The van der Waals surface area contributed by atoms with E-state index in [9.17, 15) is 9.90 Å². The van der Waals surface area contributed by atoms with Crippen LogP contribution in [-0.2, 0) is 4.79 Å². The number of hydrogen-bond donors (Lipinski definition) is 3. The maximum absolute atomic E-state index is 12.6. The zero-order chi connectivity index (χ0) is 13.2. The van der Waals surface area contributed by atoms with E-state index in [0.29, 0.717) is 32.4 Å². The van der Waals surface area contributed by atoms with Crippen molar-refractivity contribution in [2.45, 2.75) is 44.6 Å². The molecule has 18 heavy (non-hydrogen) atoms. The van der Waals surface area contributed by atoms with Crippen LogP contribution in [0, 0.1) is 5.41 Å². The van der Waals surface area contributed by atoms with Gasteiger partial charge < -0.3 is 20.9 Å². The van der Waals surface area contributed by atoms with Gasteiger partial charge in [-0.3, -0.25) is 4.79 Å². The summed E-state index contributed by atoms with van der Waals surface area (Å²) >= 11 is 0. The maximum atomic E-state index is 12.6. The Morgan fingerprint density at radius 2 is 2.00 bits per heavy atom. The van der Waals surface area contributed by atoms with Crippen molar-refractivity contribution in [3.05, 3.63) is 0 Å². The second-order valence-corrected chi connectivity index (χ2v) is 5.32. The first kappa shape index (κ1) is 13.1. The smallest absolute Gasteiger partial charge is 0.236 e. The molecule has 2 rings (SSSR count). The number of hydrogen-bond acceptors (Lipinski definition) is 4. The highest BCUT2D eigenvalue weighted by atomic mass is 16.4. The van der Waals surface area contributed by atoms with E-state index in [0.717, 1.165) is 19.3 Å². The third kappa shape index (κ3) is 2.16. The standard InChI is InChI=1S/C12H21N3O3/c13-10(14-18)12(5-2-1-3-6-12)11(17)15-7-4-9(16)8-15/h9,16,18H,1-8H2,(H2,13,14). The van der Waals surface area contributed by atoms with E-state index in [2.05, 4.69) is 5.16 Å². The number of likely N-dealkylation sites (tertiary alicyclic amines) is 1. The zero-order valence-corrected chi connectivity index (χ0v) is 10.5. The molecule has 1 amide bonds. The topological polar surface area (TPSA) is 99.2 Å². The van der Waals surface area contributed by atoms with E-state index in [1.165, 1.54) is 0 Å². The van der Waals surface area contributed by atoms with Crippen molar-refractivity contribution in [2.75, 3.05) is 13.1 Å². The van der Waals surface area contributed by atoms with E-state index in [4.69, 9.17) is 10.9 Å². The number of nitrogens with two attached hydrogens (primary N) is 1. The monoisotopic (exact) mass is 255 g/mol. The molecule has 0 aromatic heterocycles. The van der Waals surface area contributed by atoms with Crippen molar-refractivity contribution >= 4 is 11.7 Å². The first-order valence-electron chi connectivity index (χ1n) is 6.55. The highest BCUT2D eigenvalue weighted by Crippen LogP contribution is 2.39. The summed E-state index contributed by atoms with van der Waals surface area (Å²) in [5.41, 5.74) is 4.93. The van der Waals surface area contributed by atoms with Crippen LogP contribution in [0.3, 0.4) is 0 Å². The second kappa shape index (κ2) is 5.14. The summed E-state index contributed by atoms with van der Waals surface area (Å²) in [4.78, 5) is 14.3. The van der Waals surface area contributed by atoms with Gasteiger partial charge in [-0.15, -0.1) is 0 Å². The summed E-state index contributed by atoms with van der Waals surface area (Å²) in [5, 5.41) is 21.5. The number of rotatable bonds is 2. The molecule has 1 aliphatic heterocycles. The minimum atomic E-state index is -0.850. The van der Waals surface area contributed by atoms with Crippen molar-refractivity contribution in [1.29, 1.82) is 0 Å². The van der Waals surface area contributed by atoms with E-state index >= 15 is 0 Å². The molecule has 1 saturated heterocycles. The molecule has 0 bridgehead atoms. The fourth-order valence-electron chi connectivity index (χ4n) is 3.06. The van der Waals surface area contributed by atoms with Crippen molar-refractivity contribution < 1.29 is 15.1 Å². The Balaban J connectivity index is 2.21. The molecular formula is C12H21N3O3. The van der Waals surface area contributed by atoms with Gasteiger partial charge in [0.15, 0.2) is 5.84 Å². The van der Waals surface area contributed by atoms with Crippen LogP contribution in [0.5, 0.6) is 0 Å². The highest BCUT2D eigenvalue weighted by molar-refractivity contribution is 6.06. The molecule has 4 N–H and O–H groups in total. The van der Waals surface area contributed by atoms with E-state index in [-0.39, 0.29) is 11.7 Å². The number of amidine groups is 1. The Kier molecular flexibility index (Phi) is 3.75. The van der Waals surface area contributed by atoms with Gasteiger partial charge in [0, 0.05) is 13.1 Å². The van der Waals surface area contributed by atoms with Crippen LogP contribution in [0.2, 0.25) is 0 Å². The maximum Gasteiger partial charge on any atom is 0.236 e. The lowest BCUT2D eigenvalue weighted by Crippen LogP contribution is -2.52. The lowest BCUT2D eigenvalue weighted by molar-refractivity contribution is -0.139. The van der Waals surface area contributed by atoms with Gasteiger partial charge in [-0.2, -0.15) is 0 Å². The molecule has 0 spiro atoms. The van der Waals surface area contributed by atoms with Gasteiger partial charge in [0.2, 0.25) is 5.91 Å². The Bertz CT molecular complexity index is 350. The third-order valence-corrected chi connectivity index (χ3v) is 4.17. The molecule has 102 valence electrons. The summed E-state index contributed by atoms with van der Waals surface area (Å²) in [5.74, 6) is -0.0670. The number of nitrogens with zero attached hydrogens (tertiary/aromatic N) is 2. The molecule has 2 fully saturated rings. The van der Waals surface area contributed by atoms with Crippen LogP contribution in [0.4, 0.5) is 0 Å². The Labute approximate surface area is 106 Å². The molecule has 1 saturated carbocycles. The largest absolute Gasteiger partial charge is 0.409 e. The molecule has 6 nitrogen and oxygen atoms in total. The molecule has 0 radical (unpaired) electrons. The van der Waals surface area contributed by atoms with Crippen LogP contribution in [0.1, 0.15) is 38.5 Å². The summed E-state index contributed by atoms with van der Waals surface area (Å²) in [6.07, 6.45) is 4.34. The fraction of sp³-hybridized carbons (Fsp3) is 0.833. The van der Waals surface area contributed by atoms with Gasteiger partial charge in [-0.25, -0.2) is 0 Å². The van der Waals surface area contributed by atoms with Gasteiger partial charge in [-0.05, 0) is 19.3 Å². The van der Waals surface area contributed by atoms with Gasteiger partial charge in [0.05, 0.1) is 6.10 Å². The molecule has 6 heteroatoms. The number of aliphatic hydroxyl groups excluding tert-OH is 1. The normalized spacial score (nSPS) is 28.4. The fourth-order valence-corrected chi connectivity index (χ4v) is 3.06. The first-order chi connectivity index (χ1) is 8.60. The van der Waals surface area contributed by atoms with Gasteiger partial charge in [0.1, 0.15) is 5.41 Å². The van der Waals surface area contributed by atoms with Crippen LogP contribution < -0.4 is 5.73 Å². The number of β-amino-alcohol motifs (C(OH)–C–C–N with tert-alkyl or cyclic N) is 1. The van der Waals surface area contributed by atoms with Gasteiger partial charge in [-0.1, -0.05) is 24.4 Å². The SMILES string of the molecule is NC(=NO)C1(C(=O)N2CCC(O)C2)CCCCC1. The van der Waals surface area contributed by atoms with Crippen LogP contribution in [-0.4, -0.2) is 46.1 Å². The molecule has 1 atom stereocenters. The average Bonchev–Trinajstić information content (AvgIpc) is 2.84. The molecule has 1 unspecified atom stereocenters. The number of aliphatic hydroxyl groups is 1. The van der Waals surface area contributed by atoms with Gasteiger partial charge in [0.25, 0.3) is 0 Å². The second-order valence-electron chi connectivity index (χ2n) is 5.32. The van der Waals surface area contributed by atoms with Crippen molar-refractivity contribution in [3.63, 3.8) is 0 Å². The minimum absolute atomic E-state index is 0.0218. The van der Waals surface area contributed by atoms with E-state index in [1.54, 1.807) is 4.90 Å². The summed E-state index contributed by atoms with van der Waals surface area (Å²) in [6, 6.07) is 0. The first-order valence-corrected chi connectivity index (χ1v) is 6.55. The lowest BCUT2D eigenvalue weighted by Gasteiger charge is -2.37. The van der Waals surface area contributed by atoms with Crippen LogP contribution in [0.15, 0.2) is 5.16 Å². The van der Waals surface area contributed by atoms with Gasteiger partial charge >= 0.3 is 0 Å². The van der Waals surface area contributed by atoms with Crippen molar-refractivity contribution in [2.24, 2.45) is 16.3 Å². The van der Waals surface area contributed by atoms with E-state index < -0.39 is 11.5 Å². The summed E-state index contributed by atoms with van der Waals surface area (Å²) in [6.45, 7) is 0.916. The zero-order valence-electron chi connectivity index (χ0n) is 10.5. The Morgan fingerprint density at radius 1 is 1.33 bits per heavy atom. The number of carbonyl (C=O) groups excluding carboxylic acids is 1.